The van der Waals surface area contributed by atoms with E-state index in [1.165, 1.54) is 0 Å². The van der Waals surface area contributed by atoms with E-state index in [0.29, 0.717) is 19.5 Å². The van der Waals surface area contributed by atoms with Crippen molar-refractivity contribution < 1.29 is 4.79 Å². The Morgan fingerprint density at radius 1 is 1.40 bits per heavy atom. The molecule has 1 aromatic carbocycles. The third kappa shape index (κ3) is 2.80. The summed E-state index contributed by atoms with van der Waals surface area (Å²) in [4.78, 5) is 13.6. The number of anilines is 1. The number of para-hydroxylation sites is 1. The predicted molar refractivity (Wildman–Crippen MR) is 62.9 cm³/mol. The summed E-state index contributed by atoms with van der Waals surface area (Å²) in [6.07, 6.45) is 0.405. The molecule has 0 radical (unpaired) electrons. The molecule has 82 valence electrons. The maximum absolute atomic E-state index is 11.8. The fraction of sp³-hybridized carbons (Fsp3) is 0.417. The molecule has 3 nitrogen and oxygen atoms in total. The third-order valence-corrected chi connectivity index (χ3v) is 2.38. The highest BCUT2D eigenvalue weighted by molar-refractivity contribution is 5.94. The number of carbonyl (C=O) groups is 1. The Hall–Kier alpha value is -1.35. The number of nitrogens with two attached hydrogens (primary N) is 1. The Kier molecular flexibility index (Phi) is 4.31. The summed E-state index contributed by atoms with van der Waals surface area (Å²) < 4.78 is 0. The van der Waals surface area contributed by atoms with Crippen molar-refractivity contribution in [3.05, 3.63) is 29.8 Å². The lowest BCUT2D eigenvalue weighted by Crippen LogP contribution is -2.32. The van der Waals surface area contributed by atoms with Crippen molar-refractivity contribution in [3.8, 4) is 0 Å². The first-order valence-electron chi connectivity index (χ1n) is 5.26. The number of benzene rings is 1. The fourth-order valence-electron chi connectivity index (χ4n) is 1.61. The first-order chi connectivity index (χ1) is 7.20. The fourth-order valence-corrected chi connectivity index (χ4v) is 1.61. The zero-order valence-corrected chi connectivity index (χ0v) is 9.36. The molecule has 0 aliphatic rings. The molecule has 0 aliphatic carbocycles. The number of aryl methyl sites for hydroxylation is 1. The van der Waals surface area contributed by atoms with Crippen molar-refractivity contribution in [2.45, 2.75) is 20.3 Å². The van der Waals surface area contributed by atoms with E-state index >= 15 is 0 Å². The van der Waals surface area contributed by atoms with E-state index in [1.807, 2.05) is 38.1 Å². The number of hydrogen-bond acceptors (Lipinski definition) is 2. The first kappa shape index (κ1) is 11.7. The smallest absolute Gasteiger partial charge is 0.228 e. The Morgan fingerprint density at radius 2 is 2.07 bits per heavy atom. The molecule has 0 atom stereocenters. The quantitative estimate of drug-likeness (QED) is 0.815. The maximum Gasteiger partial charge on any atom is 0.228 e. The van der Waals surface area contributed by atoms with Crippen LogP contribution in [-0.4, -0.2) is 19.0 Å². The number of rotatable bonds is 4. The Balaban J connectivity index is 2.92. The van der Waals surface area contributed by atoms with Gasteiger partial charge in [0.05, 0.1) is 0 Å². The molecular formula is C12H18N2O. The van der Waals surface area contributed by atoms with Gasteiger partial charge in [0.25, 0.3) is 0 Å². The Bertz CT molecular complexity index is 336. The van der Waals surface area contributed by atoms with Crippen molar-refractivity contribution in [2.24, 2.45) is 5.73 Å². The van der Waals surface area contributed by atoms with Crippen LogP contribution in [0.1, 0.15) is 18.9 Å². The van der Waals surface area contributed by atoms with Crippen molar-refractivity contribution >= 4 is 11.6 Å². The minimum absolute atomic E-state index is 0.0919. The predicted octanol–water partition coefficient (Wildman–Crippen LogP) is 1.70. The van der Waals surface area contributed by atoms with Crippen LogP contribution in [-0.2, 0) is 4.79 Å². The topological polar surface area (TPSA) is 46.3 Å². The van der Waals surface area contributed by atoms with Crippen molar-refractivity contribution in [2.75, 3.05) is 18.0 Å². The van der Waals surface area contributed by atoms with Crippen molar-refractivity contribution in [1.29, 1.82) is 0 Å². The number of hydrogen-bond donors (Lipinski definition) is 1. The average Bonchev–Trinajstić information content (AvgIpc) is 2.22. The van der Waals surface area contributed by atoms with E-state index in [9.17, 15) is 4.79 Å². The van der Waals surface area contributed by atoms with E-state index in [0.717, 1.165) is 11.3 Å². The highest BCUT2D eigenvalue weighted by Crippen LogP contribution is 2.19. The Labute approximate surface area is 90.9 Å². The second-order valence-corrected chi connectivity index (χ2v) is 3.46. The molecule has 0 bridgehead atoms. The van der Waals surface area contributed by atoms with E-state index in [2.05, 4.69) is 0 Å². The van der Waals surface area contributed by atoms with E-state index in [1.54, 1.807) is 4.90 Å². The van der Waals surface area contributed by atoms with Gasteiger partial charge in [-0.15, -0.1) is 0 Å². The summed E-state index contributed by atoms with van der Waals surface area (Å²) in [7, 11) is 0. The highest BCUT2D eigenvalue weighted by Gasteiger charge is 2.13. The van der Waals surface area contributed by atoms with Gasteiger partial charge in [-0.05, 0) is 25.5 Å². The average molecular weight is 206 g/mol. The lowest BCUT2D eigenvalue weighted by Gasteiger charge is -2.22. The van der Waals surface area contributed by atoms with Gasteiger partial charge in [0, 0.05) is 25.2 Å². The summed E-state index contributed by atoms with van der Waals surface area (Å²) in [5.41, 5.74) is 7.49. The Morgan fingerprint density at radius 3 is 2.60 bits per heavy atom. The third-order valence-electron chi connectivity index (χ3n) is 2.38. The molecule has 0 saturated heterocycles. The summed E-state index contributed by atoms with van der Waals surface area (Å²) >= 11 is 0. The van der Waals surface area contributed by atoms with E-state index < -0.39 is 0 Å². The number of carbonyl (C=O) groups excluding carboxylic acids is 1. The van der Waals surface area contributed by atoms with Gasteiger partial charge in [-0.25, -0.2) is 0 Å². The number of nitrogens with zero attached hydrogens (tertiary/aromatic N) is 1. The second-order valence-electron chi connectivity index (χ2n) is 3.46. The lowest BCUT2D eigenvalue weighted by molar-refractivity contribution is -0.118. The van der Waals surface area contributed by atoms with Crippen LogP contribution in [0.4, 0.5) is 5.69 Å². The van der Waals surface area contributed by atoms with Crippen LogP contribution in [0, 0.1) is 6.92 Å². The molecule has 0 fully saturated rings. The number of amides is 1. The molecule has 15 heavy (non-hydrogen) atoms. The first-order valence-corrected chi connectivity index (χ1v) is 5.26. The summed E-state index contributed by atoms with van der Waals surface area (Å²) in [5, 5.41) is 0. The molecular weight excluding hydrogens is 188 g/mol. The van der Waals surface area contributed by atoms with Crippen LogP contribution in [0.15, 0.2) is 24.3 Å². The molecule has 0 aromatic heterocycles. The largest absolute Gasteiger partial charge is 0.330 e. The molecule has 3 heteroatoms. The molecule has 0 aliphatic heterocycles. The highest BCUT2D eigenvalue weighted by atomic mass is 16.2. The van der Waals surface area contributed by atoms with Crippen LogP contribution >= 0.6 is 0 Å². The molecule has 0 saturated carbocycles. The SMILES string of the molecule is CCN(C(=O)CCN)c1ccccc1C. The summed E-state index contributed by atoms with van der Waals surface area (Å²) in [6, 6.07) is 7.89. The molecule has 0 unspecified atom stereocenters. The summed E-state index contributed by atoms with van der Waals surface area (Å²) in [5.74, 6) is 0.0919. The van der Waals surface area contributed by atoms with Gasteiger partial charge in [-0.1, -0.05) is 18.2 Å². The van der Waals surface area contributed by atoms with Crippen molar-refractivity contribution in [3.63, 3.8) is 0 Å². The van der Waals surface area contributed by atoms with E-state index in [4.69, 9.17) is 5.73 Å². The maximum atomic E-state index is 11.8. The molecule has 1 amide bonds. The monoisotopic (exact) mass is 206 g/mol. The van der Waals surface area contributed by atoms with Crippen LogP contribution < -0.4 is 10.6 Å². The lowest BCUT2D eigenvalue weighted by atomic mass is 10.1. The molecule has 1 rings (SSSR count). The second kappa shape index (κ2) is 5.51. The minimum Gasteiger partial charge on any atom is -0.330 e. The van der Waals surface area contributed by atoms with Gasteiger partial charge < -0.3 is 10.6 Å². The van der Waals surface area contributed by atoms with Gasteiger partial charge in [-0.3, -0.25) is 4.79 Å². The normalized spacial score (nSPS) is 10.1. The molecule has 1 aromatic rings. The van der Waals surface area contributed by atoms with Crippen molar-refractivity contribution in [1.82, 2.24) is 0 Å². The minimum atomic E-state index is 0.0919. The molecule has 0 heterocycles. The van der Waals surface area contributed by atoms with Crippen LogP contribution in [0.2, 0.25) is 0 Å². The molecule has 2 N–H and O–H groups in total. The zero-order chi connectivity index (χ0) is 11.3. The standard InChI is InChI=1S/C12H18N2O/c1-3-14(12(15)8-9-13)11-7-5-4-6-10(11)2/h4-7H,3,8-9,13H2,1-2H3. The van der Waals surface area contributed by atoms with Crippen LogP contribution in [0.5, 0.6) is 0 Å². The van der Waals surface area contributed by atoms with Gasteiger partial charge in [0.2, 0.25) is 5.91 Å². The zero-order valence-electron chi connectivity index (χ0n) is 9.36. The van der Waals surface area contributed by atoms with Crippen LogP contribution in [0.3, 0.4) is 0 Å². The van der Waals surface area contributed by atoms with Gasteiger partial charge in [0.15, 0.2) is 0 Å². The van der Waals surface area contributed by atoms with E-state index in [-0.39, 0.29) is 5.91 Å². The van der Waals surface area contributed by atoms with Gasteiger partial charge >= 0.3 is 0 Å². The summed E-state index contributed by atoms with van der Waals surface area (Å²) in [6.45, 7) is 5.07. The van der Waals surface area contributed by atoms with Gasteiger partial charge in [0.1, 0.15) is 0 Å². The van der Waals surface area contributed by atoms with Gasteiger partial charge in [-0.2, -0.15) is 0 Å². The molecule has 0 spiro atoms. The van der Waals surface area contributed by atoms with Crippen LogP contribution in [0.25, 0.3) is 0 Å².